The summed E-state index contributed by atoms with van der Waals surface area (Å²) in [6, 6.07) is 12.0. The lowest BCUT2D eigenvalue weighted by molar-refractivity contribution is 0.105. The summed E-state index contributed by atoms with van der Waals surface area (Å²) >= 11 is 0. The topological polar surface area (TPSA) is 105 Å². The van der Waals surface area contributed by atoms with Crippen LogP contribution >= 0.6 is 24.0 Å². The van der Waals surface area contributed by atoms with Gasteiger partial charge >= 0.3 is 0 Å². The second kappa shape index (κ2) is 13.5. The molecular weight excluding hydrogens is 495 g/mol. The predicted molar refractivity (Wildman–Crippen MR) is 119 cm³/mol. The Morgan fingerprint density at radius 3 is 2.50 bits per heavy atom. The number of halogens is 1. The van der Waals surface area contributed by atoms with E-state index in [1.807, 2.05) is 12.1 Å². The van der Waals surface area contributed by atoms with Crippen LogP contribution in [0, 0.1) is 0 Å². The fourth-order valence-corrected chi connectivity index (χ4v) is 3.27. The number of furan rings is 1. The third-order valence-electron chi connectivity index (χ3n) is 3.57. The van der Waals surface area contributed by atoms with Gasteiger partial charge in [0.25, 0.3) is 0 Å². The summed E-state index contributed by atoms with van der Waals surface area (Å²) in [4.78, 5) is 4.35. The normalized spacial score (nSPS) is 11.7. The fourth-order valence-electron chi connectivity index (χ4n) is 2.22. The molecule has 0 saturated carbocycles. The van der Waals surface area contributed by atoms with Crippen LogP contribution in [0.15, 0.2) is 63.0 Å². The molecule has 0 aliphatic heterocycles. The van der Waals surface area contributed by atoms with E-state index in [4.69, 9.17) is 9.15 Å². The number of aliphatic imine (C=N–C) groups is 1. The molecule has 1 heterocycles. The summed E-state index contributed by atoms with van der Waals surface area (Å²) in [5.74, 6) is 1.42. The summed E-state index contributed by atoms with van der Waals surface area (Å²) in [6.07, 6.45) is 2.43. The monoisotopic (exact) mass is 522 g/mol. The molecule has 0 aliphatic carbocycles. The van der Waals surface area contributed by atoms with Gasteiger partial charge in [-0.15, -0.1) is 24.0 Å². The Kier molecular flexibility index (Phi) is 11.8. The minimum atomic E-state index is -3.49. The number of hydrogen-bond donors (Lipinski definition) is 3. The smallest absolute Gasteiger partial charge is 0.240 e. The molecular formula is C18H27IN4O4S. The van der Waals surface area contributed by atoms with Crippen molar-refractivity contribution >= 4 is 40.0 Å². The Morgan fingerprint density at radius 1 is 1.07 bits per heavy atom. The summed E-state index contributed by atoms with van der Waals surface area (Å²) in [7, 11) is -1.82. The largest absolute Gasteiger partial charge is 0.467 e. The molecule has 2 aromatic rings. The number of sulfonamides is 1. The van der Waals surface area contributed by atoms with Crippen LogP contribution in [0.5, 0.6) is 0 Å². The van der Waals surface area contributed by atoms with Gasteiger partial charge in [0.1, 0.15) is 12.4 Å². The molecule has 0 amide bonds. The van der Waals surface area contributed by atoms with Crippen LogP contribution in [-0.2, 0) is 21.4 Å². The Hall–Kier alpha value is -1.63. The van der Waals surface area contributed by atoms with Crippen LogP contribution in [0.25, 0.3) is 0 Å². The SMILES string of the molecule is CN=C(NCCCOCc1ccco1)NCCNS(=O)(=O)c1ccccc1.I. The molecule has 0 atom stereocenters. The van der Waals surface area contributed by atoms with Crippen molar-refractivity contribution in [2.24, 2.45) is 4.99 Å². The van der Waals surface area contributed by atoms with E-state index in [1.54, 1.807) is 43.6 Å². The highest BCUT2D eigenvalue weighted by atomic mass is 127. The first-order valence-electron chi connectivity index (χ1n) is 8.71. The van der Waals surface area contributed by atoms with Gasteiger partial charge in [-0.2, -0.15) is 0 Å². The lowest BCUT2D eigenvalue weighted by Gasteiger charge is -2.12. The summed E-state index contributed by atoms with van der Waals surface area (Å²) < 4.78 is 37.4. The molecule has 0 unspecified atom stereocenters. The second-order valence-electron chi connectivity index (χ2n) is 5.62. The molecule has 2 rings (SSSR count). The van der Waals surface area contributed by atoms with Crippen molar-refractivity contribution in [3.8, 4) is 0 Å². The minimum absolute atomic E-state index is 0. The van der Waals surface area contributed by atoms with E-state index in [0.29, 0.717) is 32.3 Å². The van der Waals surface area contributed by atoms with Crippen LogP contribution in [0.1, 0.15) is 12.2 Å². The number of benzene rings is 1. The van der Waals surface area contributed by atoms with Crippen molar-refractivity contribution in [2.75, 3.05) is 33.3 Å². The minimum Gasteiger partial charge on any atom is -0.467 e. The zero-order valence-corrected chi connectivity index (χ0v) is 18.9. The molecule has 0 fully saturated rings. The maximum atomic E-state index is 12.1. The van der Waals surface area contributed by atoms with Crippen LogP contribution in [-0.4, -0.2) is 47.7 Å². The van der Waals surface area contributed by atoms with Gasteiger partial charge in [0.05, 0.1) is 11.2 Å². The van der Waals surface area contributed by atoms with Gasteiger partial charge in [0.15, 0.2) is 5.96 Å². The van der Waals surface area contributed by atoms with Gasteiger partial charge in [-0.05, 0) is 30.7 Å². The van der Waals surface area contributed by atoms with Crippen molar-refractivity contribution in [1.82, 2.24) is 15.4 Å². The molecule has 0 bridgehead atoms. The number of guanidine groups is 1. The average Bonchev–Trinajstić information content (AvgIpc) is 3.20. The Bertz CT molecular complexity index is 783. The van der Waals surface area contributed by atoms with Gasteiger partial charge in [-0.1, -0.05) is 18.2 Å². The van der Waals surface area contributed by atoms with Gasteiger partial charge in [0, 0.05) is 33.3 Å². The van der Waals surface area contributed by atoms with Crippen LogP contribution < -0.4 is 15.4 Å². The average molecular weight is 522 g/mol. The summed E-state index contributed by atoms with van der Waals surface area (Å²) in [6.45, 7) is 2.42. The number of nitrogens with one attached hydrogen (secondary N) is 3. The van der Waals surface area contributed by atoms with Crippen LogP contribution in [0.4, 0.5) is 0 Å². The van der Waals surface area contributed by atoms with Crippen molar-refractivity contribution in [2.45, 2.75) is 17.9 Å². The van der Waals surface area contributed by atoms with E-state index in [2.05, 4.69) is 20.3 Å². The molecule has 28 heavy (non-hydrogen) atoms. The standard InChI is InChI=1S/C18H26N4O4S.HI/c1-19-18(20-10-6-13-25-15-16-7-5-14-26-16)21-11-12-22-27(23,24)17-8-3-2-4-9-17;/h2-5,7-9,14,22H,6,10-13,15H2,1H3,(H2,19,20,21);1H. The molecule has 1 aromatic carbocycles. The van der Waals surface area contributed by atoms with E-state index in [9.17, 15) is 8.42 Å². The third kappa shape index (κ3) is 9.04. The van der Waals surface area contributed by atoms with E-state index in [1.165, 1.54) is 0 Å². The highest BCUT2D eigenvalue weighted by molar-refractivity contribution is 14.0. The molecule has 0 saturated heterocycles. The van der Waals surface area contributed by atoms with Crippen LogP contribution in [0.3, 0.4) is 0 Å². The summed E-state index contributed by atoms with van der Waals surface area (Å²) in [5, 5.41) is 6.21. The highest BCUT2D eigenvalue weighted by Gasteiger charge is 2.11. The highest BCUT2D eigenvalue weighted by Crippen LogP contribution is 2.06. The molecule has 3 N–H and O–H groups in total. The third-order valence-corrected chi connectivity index (χ3v) is 5.05. The maximum absolute atomic E-state index is 12.1. The Morgan fingerprint density at radius 2 is 1.82 bits per heavy atom. The van der Waals surface area contributed by atoms with Gasteiger partial charge in [-0.3, -0.25) is 4.99 Å². The molecule has 8 nitrogen and oxygen atoms in total. The van der Waals surface area contributed by atoms with Crippen LogP contribution in [0.2, 0.25) is 0 Å². The first-order valence-corrected chi connectivity index (χ1v) is 10.2. The molecule has 0 spiro atoms. The molecule has 1 aromatic heterocycles. The second-order valence-corrected chi connectivity index (χ2v) is 7.39. The first-order chi connectivity index (χ1) is 13.1. The predicted octanol–water partition coefficient (Wildman–Crippen LogP) is 1.95. The number of nitrogens with zero attached hydrogens (tertiary/aromatic N) is 1. The fraction of sp³-hybridized carbons (Fsp3) is 0.389. The zero-order chi connectivity index (χ0) is 19.4. The molecule has 10 heteroatoms. The van der Waals surface area contributed by atoms with E-state index in [0.717, 1.165) is 12.2 Å². The lowest BCUT2D eigenvalue weighted by atomic mass is 10.4. The maximum Gasteiger partial charge on any atom is 0.240 e. The van der Waals surface area contributed by atoms with Gasteiger partial charge in [0.2, 0.25) is 10.0 Å². The zero-order valence-electron chi connectivity index (χ0n) is 15.8. The molecule has 0 radical (unpaired) electrons. The van der Waals surface area contributed by atoms with Gasteiger partial charge < -0.3 is 19.8 Å². The van der Waals surface area contributed by atoms with Gasteiger partial charge in [-0.25, -0.2) is 13.1 Å². The number of rotatable bonds is 11. The Balaban J connectivity index is 0.00000392. The van der Waals surface area contributed by atoms with E-state index < -0.39 is 10.0 Å². The number of ether oxygens (including phenoxy) is 1. The Labute approximate surface area is 183 Å². The van der Waals surface area contributed by atoms with Crippen molar-refractivity contribution < 1.29 is 17.6 Å². The van der Waals surface area contributed by atoms with Crippen molar-refractivity contribution in [1.29, 1.82) is 0 Å². The van der Waals surface area contributed by atoms with Crippen molar-refractivity contribution in [3.63, 3.8) is 0 Å². The first kappa shape index (κ1) is 24.4. The number of hydrogen-bond acceptors (Lipinski definition) is 5. The van der Waals surface area contributed by atoms with E-state index in [-0.39, 0.29) is 35.4 Å². The lowest BCUT2D eigenvalue weighted by Crippen LogP contribution is -2.41. The molecule has 0 aliphatic rings. The quantitative estimate of drug-likeness (QED) is 0.180. The molecule has 156 valence electrons. The van der Waals surface area contributed by atoms with Crippen molar-refractivity contribution in [3.05, 3.63) is 54.5 Å². The van der Waals surface area contributed by atoms with E-state index >= 15 is 0 Å². The summed E-state index contributed by atoms with van der Waals surface area (Å²) in [5.41, 5.74) is 0.